The summed E-state index contributed by atoms with van der Waals surface area (Å²) < 4.78 is 26.2. The molecular formula is C14H18ClF2N. The van der Waals surface area contributed by atoms with Crippen molar-refractivity contribution >= 4 is 11.6 Å². The number of rotatable bonds is 4. The third-order valence-corrected chi connectivity index (χ3v) is 4.17. The molecular weight excluding hydrogens is 256 g/mol. The fourth-order valence-electron chi connectivity index (χ4n) is 2.59. The summed E-state index contributed by atoms with van der Waals surface area (Å²) in [6.45, 7) is 0.460. The molecule has 0 aliphatic heterocycles. The largest absolute Gasteiger partial charge is 0.306 e. The summed E-state index contributed by atoms with van der Waals surface area (Å²) in [7, 11) is 0. The second-order valence-electron chi connectivity index (χ2n) is 5.11. The third kappa shape index (κ3) is 3.42. The number of nitrogens with one attached hydrogen (secondary N) is 1. The Hall–Kier alpha value is -0.670. The lowest BCUT2D eigenvalue weighted by Crippen LogP contribution is -2.48. The zero-order valence-corrected chi connectivity index (χ0v) is 11.1. The van der Waals surface area contributed by atoms with E-state index < -0.39 is 11.6 Å². The van der Waals surface area contributed by atoms with Gasteiger partial charge in [-0.3, -0.25) is 0 Å². The second kappa shape index (κ2) is 5.98. The van der Waals surface area contributed by atoms with Crippen LogP contribution in [0.1, 0.15) is 37.7 Å². The number of hydrogen-bond acceptors (Lipinski definition) is 1. The Morgan fingerprint density at radius 2 is 1.67 bits per heavy atom. The lowest BCUT2D eigenvalue weighted by molar-refractivity contribution is 0.256. The molecule has 18 heavy (non-hydrogen) atoms. The highest BCUT2D eigenvalue weighted by molar-refractivity contribution is 6.18. The smallest absolute Gasteiger partial charge is 0.126 e. The van der Waals surface area contributed by atoms with Crippen molar-refractivity contribution in [2.24, 2.45) is 0 Å². The van der Waals surface area contributed by atoms with Crippen LogP contribution in [0, 0.1) is 11.6 Å². The van der Waals surface area contributed by atoms with Gasteiger partial charge in [0.2, 0.25) is 0 Å². The lowest BCUT2D eigenvalue weighted by Gasteiger charge is -2.36. The van der Waals surface area contributed by atoms with Crippen molar-refractivity contribution in [2.75, 3.05) is 5.88 Å². The van der Waals surface area contributed by atoms with Crippen molar-refractivity contribution in [1.82, 2.24) is 5.32 Å². The van der Waals surface area contributed by atoms with E-state index >= 15 is 0 Å². The molecule has 1 aromatic carbocycles. The highest BCUT2D eigenvalue weighted by Crippen LogP contribution is 2.29. The van der Waals surface area contributed by atoms with Crippen LogP contribution in [0.4, 0.5) is 8.78 Å². The maximum absolute atomic E-state index is 13.1. The molecule has 0 aromatic heterocycles. The number of benzene rings is 1. The third-order valence-electron chi connectivity index (χ3n) is 3.66. The van der Waals surface area contributed by atoms with Gasteiger partial charge in [-0.25, -0.2) is 8.78 Å². The van der Waals surface area contributed by atoms with Gasteiger partial charge >= 0.3 is 0 Å². The summed E-state index contributed by atoms with van der Waals surface area (Å²) in [4.78, 5) is 0. The lowest BCUT2D eigenvalue weighted by atomic mass is 9.83. The predicted octanol–water partition coefficient (Wildman–Crippen LogP) is 4.00. The van der Waals surface area contributed by atoms with Crippen molar-refractivity contribution in [3.05, 3.63) is 35.4 Å². The van der Waals surface area contributed by atoms with Crippen LogP contribution in [-0.4, -0.2) is 11.4 Å². The van der Waals surface area contributed by atoms with Crippen LogP contribution in [0.3, 0.4) is 0 Å². The van der Waals surface area contributed by atoms with Crippen molar-refractivity contribution in [2.45, 2.75) is 44.2 Å². The first-order chi connectivity index (χ1) is 8.63. The van der Waals surface area contributed by atoms with E-state index in [9.17, 15) is 8.78 Å². The van der Waals surface area contributed by atoms with Crippen LogP contribution < -0.4 is 5.32 Å². The average Bonchev–Trinajstić information content (AvgIpc) is 2.36. The molecule has 4 heteroatoms. The van der Waals surface area contributed by atoms with E-state index in [1.807, 2.05) is 0 Å². The van der Waals surface area contributed by atoms with Crippen molar-refractivity contribution in [3.63, 3.8) is 0 Å². The van der Waals surface area contributed by atoms with Crippen LogP contribution in [-0.2, 0) is 6.54 Å². The fourth-order valence-corrected chi connectivity index (χ4v) is 2.95. The standard InChI is InChI=1S/C14H18ClF2N/c15-10-14(4-2-1-3-5-14)18-9-11-6-12(16)8-13(17)7-11/h6-8,18H,1-5,9-10H2. The fraction of sp³-hybridized carbons (Fsp3) is 0.571. The van der Waals surface area contributed by atoms with E-state index in [2.05, 4.69) is 5.32 Å². The molecule has 0 radical (unpaired) electrons. The van der Waals surface area contributed by atoms with Crippen LogP contribution in [0.15, 0.2) is 18.2 Å². The Kier molecular flexibility index (Phi) is 4.57. The average molecular weight is 274 g/mol. The molecule has 0 saturated heterocycles. The first kappa shape index (κ1) is 13.8. The van der Waals surface area contributed by atoms with Gasteiger partial charge in [0.05, 0.1) is 0 Å². The molecule has 1 nitrogen and oxygen atoms in total. The van der Waals surface area contributed by atoms with E-state index in [0.717, 1.165) is 31.7 Å². The highest BCUT2D eigenvalue weighted by atomic mass is 35.5. The van der Waals surface area contributed by atoms with Gasteiger partial charge in [0.25, 0.3) is 0 Å². The first-order valence-corrected chi connectivity index (χ1v) is 6.93. The molecule has 0 heterocycles. The topological polar surface area (TPSA) is 12.0 Å². The SMILES string of the molecule is Fc1cc(F)cc(CNC2(CCl)CCCCC2)c1. The van der Waals surface area contributed by atoms with Gasteiger partial charge in [0.15, 0.2) is 0 Å². The number of alkyl halides is 1. The Balaban J connectivity index is 2.00. The Bertz CT molecular complexity index is 383. The normalized spacial score (nSPS) is 18.8. The summed E-state index contributed by atoms with van der Waals surface area (Å²) in [6.07, 6.45) is 5.64. The summed E-state index contributed by atoms with van der Waals surface area (Å²) in [5.74, 6) is -0.518. The Morgan fingerprint density at radius 3 is 2.22 bits per heavy atom. The Morgan fingerprint density at radius 1 is 1.06 bits per heavy atom. The van der Waals surface area contributed by atoms with Gasteiger partial charge in [-0.15, -0.1) is 11.6 Å². The predicted molar refractivity (Wildman–Crippen MR) is 69.7 cm³/mol. The van der Waals surface area contributed by atoms with E-state index in [4.69, 9.17) is 11.6 Å². The van der Waals surface area contributed by atoms with Crippen molar-refractivity contribution in [1.29, 1.82) is 0 Å². The van der Waals surface area contributed by atoms with Gasteiger partial charge < -0.3 is 5.32 Å². The zero-order valence-electron chi connectivity index (χ0n) is 10.3. The molecule has 1 saturated carbocycles. The Labute approximate surface area is 112 Å². The van der Waals surface area contributed by atoms with Crippen LogP contribution in [0.2, 0.25) is 0 Å². The van der Waals surface area contributed by atoms with E-state index in [1.54, 1.807) is 0 Å². The molecule has 0 atom stereocenters. The van der Waals surface area contributed by atoms with Crippen LogP contribution in [0.5, 0.6) is 0 Å². The van der Waals surface area contributed by atoms with Gasteiger partial charge in [0, 0.05) is 24.0 Å². The molecule has 0 amide bonds. The van der Waals surface area contributed by atoms with E-state index in [-0.39, 0.29) is 5.54 Å². The first-order valence-electron chi connectivity index (χ1n) is 6.40. The summed E-state index contributed by atoms with van der Waals surface area (Å²) >= 11 is 6.06. The number of halogens is 3. The molecule has 0 unspecified atom stereocenters. The van der Waals surface area contributed by atoms with Gasteiger partial charge in [-0.05, 0) is 30.5 Å². The van der Waals surface area contributed by atoms with Crippen LogP contribution in [0.25, 0.3) is 0 Å². The zero-order chi connectivity index (χ0) is 13.0. The second-order valence-corrected chi connectivity index (χ2v) is 5.37. The molecule has 1 aromatic rings. The summed E-state index contributed by atoms with van der Waals surface area (Å²) in [5.41, 5.74) is 0.561. The minimum atomic E-state index is -0.532. The van der Waals surface area contributed by atoms with Gasteiger partial charge in [-0.1, -0.05) is 19.3 Å². The van der Waals surface area contributed by atoms with Gasteiger partial charge in [-0.2, -0.15) is 0 Å². The highest BCUT2D eigenvalue weighted by Gasteiger charge is 2.30. The maximum Gasteiger partial charge on any atom is 0.126 e. The van der Waals surface area contributed by atoms with E-state index in [1.165, 1.54) is 18.6 Å². The molecule has 0 spiro atoms. The van der Waals surface area contributed by atoms with Crippen LogP contribution >= 0.6 is 11.6 Å². The monoisotopic (exact) mass is 273 g/mol. The summed E-state index contributed by atoms with van der Waals surface area (Å²) in [6, 6.07) is 3.61. The van der Waals surface area contributed by atoms with Crippen molar-refractivity contribution in [3.8, 4) is 0 Å². The molecule has 0 bridgehead atoms. The molecule has 1 fully saturated rings. The quantitative estimate of drug-likeness (QED) is 0.818. The molecule has 1 aliphatic rings. The molecule has 100 valence electrons. The molecule has 1 aliphatic carbocycles. The maximum atomic E-state index is 13.1. The minimum absolute atomic E-state index is 0.0669. The van der Waals surface area contributed by atoms with E-state index in [0.29, 0.717) is 18.0 Å². The minimum Gasteiger partial charge on any atom is -0.306 e. The van der Waals surface area contributed by atoms with Crippen molar-refractivity contribution < 1.29 is 8.78 Å². The summed E-state index contributed by atoms with van der Waals surface area (Å²) in [5, 5.41) is 3.39. The molecule has 2 rings (SSSR count). The molecule has 1 N–H and O–H groups in total. The number of hydrogen-bond donors (Lipinski definition) is 1. The van der Waals surface area contributed by atoms with Gasteiger partial charge in [0.1, 0.15) is 11.6 Å².